The van der Waals surface area contributed by atoms with Gasteiger partial charge in [-0.1, -0.05) is 38.6 Å². The first-order valence-electron chi connectivity index (χ1n) is 11.1. The Hall–Kier alpha value is -2.76. The molecule has 0 unspecified atom stereocenters. The normalized spacial score (nSPS) is 17.4. The van der Waals surface area contributed by atoms with Crippen molar-refractivity contribution in [1.82, 2.24) is 4.90 Å². The standard InChI is InChI=1S/C26H33N3O2/c1-19(2)21-6-8-23(9-7-21)29-14-12-28(13-15-29)17-24(30)18-31-25-10-11-26-22(16-25)5-4-20(3)27-26/h4-11,16,19,24,27,30H,3,12-15,17-18H2,1-2H3/t24-/m1/s1. The summed E-state index contributed by atoms with van der Waals surface area (Å²) in [5.74, 6) is 1.33. The summed E-state index contributed by atoms with van der Waals surface area (Å²) in [5, 5.41) is 13.7. The van der Waals surface area contributed by atoms with Gasteiger partial charge in [-0.25, -0.2) is 0 Å². The first-order valence-corrected chi connectivity index (χ1v) is 11.1. The van der Waals surface area contributed by atoms with Crippen molar-refractivity contribution < 1.29 is 9.84 Å². The number of hydrogen-bond donors (Lipinski definition) is 2. The van der Waals surface area contributed by atoms with E-state index in [4.69, 9.17) is 4.74 Å². The van der Waals surface area contributed by atoms with Gasteiger partial charge < -0.3 is 20.1 Å². The molecule has 2 aromatic carbocycles. The predicted molar refractivity (Wildman–Crippen MR) is 129 cm³/mol. The van der Waals surface area contributed by atoms with Crippen molar-refractivity contribution in [1.29, 1.82) is 0 Å². The van der Waals surface area contributed by atoms with Crippen LogP contribution in [-0.4, -0.2) is 55.4 Å². The molecule has 1 fully saturated rings. The molecule has 31 heavy (non-hydrogen) atoms. The number of piperazine rings is 1. The van der Waals surface area contributed by atoms with Gasteiger partial charge in [0, 0.05) is 55.4 Å². The van der Waals surface area contributed by atoms with Crippen molar-refractivity contribution in [3.05, 3.63) is 71.9 Å². The van der Waals surface area contributed by atoms with Crippen LogP contribution >= 0.6 is 0 Å². The minimum absolute atomic E-state index is 0.291. The topological polar surface area (TPSA) is 48.0 Å². The molecule has 2 aromatic rings. The van der Waals surface area contributed by atoms with E-state index < -0.39 is 6.10 Å². The number of anilines is 2. The van der Waals surface area contributed by atoms with Gasteiger partial charge in [0.2, 0.25) is 0 Å². The summed E-state index contributed by atoms with van der Waals surface area (Å²) >= 11 is 0. The van der Waals surface area contributed by atoms with Crippen LogP contribution in [0.25, 0.3) is 6.08 Å². The largest absolute Gasteiger partial charge is 0.491 e. The molecule has 0 spiro atoms. The van der Waals surface area contributed by atoms with Crippen molar-refractivity contribution in [2.75, 3.05) is 49.5 Å². The van der Waals surface area contributed by atoms with Crippen LogP contribution in [0.2, 0.25) is 0 Å². The first kappa shape index (κ1) is 21.5. The van der Waals surface area contributed by atoms with E-state index in [1.165, 1.54) is 11.3 Å². The maximum absolute atomic E-state index is 10.5. The third-order valence-corrected chi connectivity index (χ3v) is 5.99. The molecule has 2 aliphatic heterocycles. The van der Waals surface area contributed by atoms with Gasteiger partial charge in [0.15, 0.2) is 0 Å². The Bertz CT molecular complexity index is 928. The zero-order chi connectivity index (χ0) is 21.8. The van der Waals surface area contributed by atoms with Gasteiger partial charge in [-0.15, -0.1) is 0 Å². The van der Waals surface area contributed by atoms with Crippen LogP contribution in [0.15, 0.2) is 60.8 Å². The minimum Gasteiger partial charge on any atom is -0.491 e. The summed E-state index contributed by atoms with van der Waals surface area (Å²) in [5.41, 5.74) is 5.63. The molecule has 5 nitrogen and oxygen atoms in total. The second-order valence-electron chi connectivity index (χ2n) is 8.73. The maximum Gasteiger partial charge on any atom is 0.120 e. The van der Waals surface area contributed by atoms with Crippen LogP contribution in [-0.2, 0) is 0 Å². The summed E-state index contributed by atoms with van der Waals surface area (Å²) in [7, 11) is 0. The highest BCUT2D eigenvalue weighted by atomic mass is 16.5. The molecule has 2 heterocycles. The van der Waals surface area contributed by atoms with E-state index in [2.05, 4.69) is 59.8 Å². The molecule has 0 radical (unpaired) electrons. The molecule has 0 aliphatic carbocycles. The lowest BCUT2D eigenvalue weighted by Crippen LogP contribution is -2.49. The Balaban J connectivity index is 1.22. The average molecular weight is 420 g/mol. The number of fused-ring (bicyclic) bond motifs is 1. The molecule has 0 amide bonds. The number of aliphatic hydroxyl groups is 1. The summed E-state index contributed by atoms with van der Waals surface area (Å²) in [4.78, 5) is 4.74. The van der Waals surface area contributed by atoms with E-state index >= 15 is 0 Å². The van der Waals surface area contributed by atoms with Gasteiger partial charge in [0.1, 0.15) is 18.5 Å². The van der Waals surface area contributed by atoms with Crippen molar-refractivity contribution in [3.8, 4) is 5.75 Å². The highest BCUT2D eigenvalue weighted by molar-refractivity contribution is 5.75. The number of benzene rings is 2. The highest BCUT2D eigenvalue weighted by Crippen LogP contribution is 2.28. The number of aliphatic hydroxyl groups excluding tert-OH is 1. The minimum atomic E-state index is -0.513. The van der Waals surface area contributed by atoms with E-state index in [1.807, 2.05) is 30.4 Å². The number of β-amino-alcohol motifs (C(OH)–C–C–N with tert-alkyl or cyclic N) is 1. The molecular formula is C26H33N3O2. The Morgan fingerprint density at radius 2 is 1.77 bits per heavy atom. The average Bonchev–Trinajstić information content (AvgIpc) is 2.78. The van der Waals surface area contributed by atoms with Gasteiger partial charge in [0.25, 0.3) is 0 Å². The van der Waals surface area contributed by atoms with Crippen molar-refractivity contribution in [3.63, 3.8) is 0 Å². The number of ether oxygens (including phenoxy) is 1. The van der Waals surface area contributed by atoms with Gasteiger partial charge in [-0.3, -0.25) is 4.90 Å². The zero-order valence-corrected chi connectivity index (χ0v) is 18.6. The molecule has 1 saturated heterocycles. The van der Waals surface area contributed by atoms with Crippen LogP contribution in [0, 0.1) is 0 Å². The van der Waals surface area contributed by atoms with E-state index in [-0.39, 0.29) is 0 Å². The number of nitrogens with one attached hydrogen (secondary N) is 1. The van der Waals surface area contributed by atoms with E-state index in [0.717, 1.165) is 48.9 Å². The number of rotatable bonds is 7. The Labute approximate surface area is 185 Å². The van der Waals surface area contributed by atoms with Gasteiger partial charge >= 0.3 is 0 Å². The second-order valence-corrected chi connectivity index (χ2v) is 8.73. The third kappa shape index (κ3) is 5.49. The molecule has 0 bridgehead atoms. The van der Waals surface area contributed by atoms with E-state index in [0.29, 0.717) is 19.1 Å². The molecule has 2 aliphatic rings. The Kier molecular flexibility index (Phi) is 6.64. The second kappa shape index (κ2) is 9.58. The van der Waals surface area contributed by atoms with Gasteiger partial charge in [0.05, 0.1) is 0 Å². The molecule has 0 aromatic heterocycles. The Morgan fingerprint density at radius 3 is 2.48 bits per heavy atom. The summed E-state index contributed by atoms with van der Waals surface area (Å²) < 4.78 is 5.85. The maximum atomic E-state index is 10.5. The summed E-state index contributed by atoms with van der Waals surface area (Å²) in [6.45, 7) is 13.1. The quantitative estimate of drug-likeness (QED) is 0.700. The van der Waals surface area contributed by atoms with Gasteiger partial charge in [-0.05, 0) is 47.9 Å². The smallest absolute Gasteiger partial charge is 0.120 e. The lowest BCUT2D eigenvalue weighted by molar-refractivity contribution is 0.0663. The molecule has 2 N–H and O–H groups in total. The van der Waals surface area contributed by atoms with Crippen molar-refractivity contribution >= 4 is 17.5 Å². The lowest BCUT2D eigenvalue weighted by atomic mass is 10.0. The zero-order valence-electron chi connectivity index (χ0n) is 18.6. The summed E-state index contributed by atoms with van der Waals surface area (Å²) in [6, 6.07) is 14.8. The molecule has 164 valence electrons. The monoisotopic (exact) mass is 419 g/mol. The fourth-order valence-corrected chi connectivity index (χ4v) is 4.09. The van der Waals surface area contributed by atoms with Crippen LogP contribution in [0.3, 0.4) is 0 Å². The van der Waals surface area contributed by atoms with Crippen molar-refractivity contribution in [2.24, 2.45) is 0 Å². The molecular weight excluding hydrogens is 386 g/mol. The molecule has 1 atom stereocenters. The predicted octanol–water partition coefficient (Wildman–Crippen LogP) is 4.32. The van der Waals surface area contributed by atoms with Gasteiger partial charge in [-0.2, -0.15) is 0 Å². The van der Waals surface area contributed by atoms with E-state index in [9.17, 15) is 5.11 Å². The lowest BCUT2D eigenvalue weighted by Gasteiger charge is -2.37. The number of allylic oxidation sites excluding steroid dienone is 1. The first-order chi connectivity index (χ1) is 15.0. The highest BCUT2D eigenvalue weighted by Gasteiger charge is 2.20. The van der Waals surface area contributed by atoms with Crippen LogP contribution < -0.4 is 15.0 Å². The fraction of sp³-hybridized carbons (Fsp3) is 0.385. The van der Waals surface area contributed by atoms with Crippen LogP contribution in [0.1, 0.15) is 30.9 Å². The molecule has 5 heteroatoms. The number of nitrogens with zero attached hydrogens (tertiary/aromatic N) is 2. The van der Waals surface area contributed by atoms with Crippen molar-refractivity contribution in [2.45, 2.75) is 25.9 Å². The number of hydrogen-bond acceptors (Lipinski definition) is 5. The summed E-state index contributed by atoms with van der Waals surface area (Å²) in [6.07, 6.45) is 3.45. The molecule has 0 saturated carbocycles. The Morgan fingerprint density at radius 1 is 1.03 bits per heavy atom. The third-order valence-electron chi connectivity index (χ3n) is 5.99. The van der Waals surface area contributed by atoms with Crippen LogP contribution in [0.5, 0.6) is 5.75 Å². The fourth-order valence-electron chi connectivity index (χ4n) is 4.09. The van der Waals surface area contributed by atoms with Crippen LogP contribution in [0.4, 0.5) is 11.4 Å². The molecule has 4 rings (SSSR count). The van der Waals surface area contributed by atoms with E-state index in [1.54, 1.807) is 0 Å². The SMILES string of the molecule is C=C1C=Cc2cc(OC[C@H](O)CN3CCN(c4ccc(C(C)C)cc4)CC3)ccc2N1.